The molecule has 2 heterocycles. The van der Waals surface area contributed by atoms with E-state index in [0.29, 0.717) is 13.2 Å². The number of hydrogen-bond donors (Lipinski definition) is 0. The first-order valence-corrected chi connectivity index (χ1v) is 7.18. The molecule has 126 valence electrons. The van der Waals surface area contributed by atoms with Crippen LogP contribution in [0.1, 0.15) is 19.3 Å². The number of halogens is 3. The lowest BCUT2D eigenvalue weighted by Crippen LogP contribution is -2.55. The fraction of sp³-hybridized carbons (Fsp3) is 0.846. The van der Waals surface area contributed by atoms with Gasteiger partial charge in [0.05, 0.1) is 12.0 Å². The standard InChI is InChI=1S/C13H19F3N2O4/c1-17(8-10-4-2-3-5-21-10)11(19)9-6-18(7-9)22-12(20)13(14,15)16/h9-10H,2-8H2,1H3. The first-order chi connectivity index (χ1) is 10.3. The van der Waals surface area contributed by atoms with Crippen LogP contribution in [-0.2, 0) is 19.2 Å². The summed E-state index contributed by atoms with van der Waals surface area (Å²) in [6, 6.07) is 0. The number of rotatable bonds is 4. The zero-order valence-corrected chi connectivity index (χ0v) is 12.3. The number of likely N-dealkylation sites (N-methyl/N-ethyl adjacent to an activating group) is 1. The van der Waals surface area contributed by atoms with Crippen molar-refractivity contribution in [2.24, 2.45) is 5.92 Å². The number of carbonyl (C=O) groups is 2. The van der Waals surface area contributed by atoms with Crippen LogP contribution in [0.15, 0.2) is 0 Å². The SMILES string of the molecule is CN(CC1CCCCO1)C(=O)C1CN(OC(=O)C(F)(F)F)C1. The molecule has 2 aliphatic rings. The monoisotopic (exact) mass is 324 g/mol. The molecule has 0 aromatic rings. The van der Waals surface area contributed by atoms with Crippen LogP contribution in [0.3, 0.4) is 0 Å². The van der Waals surface area contributed by atoms with E-state index in [9.17, 15) is 22.8 Å². The Bertz CT molecular complexity index is 418. The number of carbonyl (C=O) groups excluding carboxylic acids is 2. The van der Waals surface area contributed by atoms with Gasteiger partial charge in [-0.25, -0.2) is 4.79 Å². The second-order valence-electron chi connectivity index (χ2n) is 5.63. The minimum Gasteiger partial charge on any atom is -0.376 e. The van der Waals surface area contributed by atoms with Gasteiger partial charge in [0.25, 0.3) is 0 Å². The van der Waals surface area contributed by atoms with E-state index >= 15 is 0 Å². The maximum atomic E-state index is 12.1. The fourth-order valence-electron chi connectivity index (χ4n) is 2.50. The van der Waals surface area contributed by atoms with E-state index in [2.05, 4.69) is 4.84 Å². The topological polar surface area (TPSA) is 59.1 Å². The molecule has 2 fully saturated rings. The molecule has 22 heavy (non-hydrogen) atoms. The predicted octanol–water partition coefficient (Wildman–Crippen LogP) is 0.966. The molecule has 1 atom stereocenters. The van der Waals surface area contributed by atoms with Gasteiger partial charge in [-0.1, -0.05) is 0 Å². The van der Waals surface area contributed by atoms with Crippen molar-refractivity contribution in [1.82, 2.24) is 9.96 Å². The van der Waals surface area contributed by atoms with E-state index < -0.39 is 18.1 Å². The van der Waals surface area contributed by atoms with Gasteiger partial charge in [-0.2, -0.15) is 13.2 Å². The molecule has 2 saturated heterocycles. The van der Waals surface area contributed by atoms with Gasteiger partial charge in [0.2, 0.25) is 5.91 Å². The highest BCUT2D eigenvalue weighted by Gasteiger charge is 2.45. The van der Waals surface area contributed by atoms with Crippen molar-refractivity contribution in [3.8, 4) is 0 Å². The Morgan fingerprint density at radius 3 is 2.55 bits per heavy atom. The average molecular weight is 324 g/mol. The molecule has 0 aromatic carbocycles. The van der Waals surface area contributed by atoms with Crippen LogP contribution >= 0.6 is 0 Å². The third kappa shape index (κ3) is 4.33. The number of nitrogens with zero attached hydrogens (tertiary/aromatic N) is 2. The minimum atomic E-state index is -5.02. The van der Waals surface area contributed by atoms with E-state index in [1.54, 1.807) is 7.05 Å². The van der Waals surface area contributed by atoms with Crippen LogP contribution in [-0.4, -0.2) is 67.4 Å². The Hall–Kier alpha value is -1.35. The van der Waals surface area contributed by atoms with Crippen LogP contribution in [0.2, 0.25) is 0 Å². The van der Waals surface area contributed by atoms with Crippen molar-refractivity contribution in [2.45, 2.75) is 31.5 Å². The highest BCUT2D eigenvalue weighted by atomic mass is 19.4. The molecule has 9 heteroatoms. The van der Waals surface area contributed by atoms with Gasteiger partial charge in [-0.15, -0.1) is 5.06 Å². The molecule has 0 spiro atoms. The molecular weight excluding hydrogens is 305 g/mol. The normalized spacial score (nSPS) is 23.7. The Kier molecular flexibility index (Phi) is 5.28. The van der Waals surface area contributed by atoms with Crippen LogP contribution in [0.5, 0.6) is 0 Å². The number of hydrogen-bond acceptors (Lipinski definition) is 5. The largest absolute Gasteiger partial charge is 0.492 e. The van der Waals surface area contributed by atoms with Gasteiger partial charge in [0.1, 0.15) is 0 Å². The summed E-state index contributed by atoms with van der Waals surface area (Å²) < 4.78 is 41.6. The second-order valence-corrected chi connectivity index (χ2v) is 5.63. The minimum absolute atomic E-state index is 0.0157. The molecular formula is C13H19F3N2O4. The van der Waals surface area contributed by atoms with Gasteiger partial charge in [-0.05, 0) is 19.3 Å². The van der Waals surface area contributed by atoms with Gasteiger partial charge in [-0.3, -0.25) is 4.79 Å². The number of hydroxylamine groups is 2. The van der Waals surface area contributed by atoms with Gasteiger partial charge in [0, 0.05) is 33.3 Å². The Morgan fingerprint density at radius 1 is 1.32 bits per heavy atom. The van der Waals surface area contributed by atoms with Crippen molar-refractivity contribution in [2.75, 3.05) is 33.3 Å². The van der Waals surface area contributed by atoms with Crippen molar-refractivity contribution in [1.29, 1.82) is 0 Å². The van der Waals surface area contributed by atoms with Crippen molar-refractivity contribution >= 4 is 11.9 Å². The highest BCUT2D eigenvalue weighted by Crippen LogP contribution is 2.23. The molecule has 0 saturated carbocycles. The lowest BCUT2D eigenvalue weighted by atomic mass is 10.0. The van der Waals surface area contributed by atoms with E-state index in [1.165, 1.54) is 4.90 Å². The Morgan fingerprint density at radius 2 is 2.00 bits per heavy atom. The molecule has 2 rings (SSSR count). The van der Waals surface area contributed by atoms with Crippen molar-refractivity contribution in [3.05, 3.63) is 0 Å². The fourth-order valence-corrected chi connectivity index (χ4v) is 2.50. The summed E-state index contributed by atoms with van der Waals surface area (Å²) in [5.41, 5.74) is 0. The number of amides is 1. The van der Waals surface area contributed by atoms with Crippen LogP contribution in [0, 0.1) is 5.92 Å². The zero-order chi connectivity index (χ0) is 16.3. The van der Waals surface area contributed by atoms with Crippen LogP contribution in [0.4, 0.5) is 13.2 Å². The highest BCUT2D eigenvalue weighted by molar-refractivity contribution is 5.80. The Labute approximate surface area is 126 Å². The lowest BCUT2D eigenvalue weighted by molar-refractivity contribution is -0.257. The zero-order valence-electron chi connectivity index (χ0n) is 12.3. The number of ether oxygens (including phenoxy) is 1. The average Bonchev–Trinajstić information content (AvgIpc) is 2.41. The molecule has 0 radical (unpaired) electrons. The summed E-state index contributed by atoms with van der Waals surface area (Å²) in [6.45, 7) is 1.13. The molecule has 0 N–H and O–H groups in total. The molecule has 0 aromatic heterocycles. The molecule has 1 unspecified atom stereocenters. The first kappa shape index (κ1) is 17.0. The second kappa shape index (κ2) is 6.82. The maximum absolute atomic E-state index is 12.1. The third-order valence-corrected chi connectivity index (χ3v) is 3.77. The number of alkyl halides is 3. The van der Waals surface area contributed by atoms with Gasteiger partial charge < -0.3 is 14.5 Å². The summed E-state index contributed by atoms with van der Waals surface area (Å²) in [5, 5.41) is 0.851. The van der Waals surface area contributed by atoms with Crippen LogP contribution in [0.25, 0.3) is 0 Å². The van der Waals surface area contributed by atoms with E-state index in [0.717, 1.165) is 24.3 Å². The maximum Gasteiger partial charge on any atom is 0.492 e. The molecule has 1 amide bonds. The predicted molar refractivity (Wildman–Crippen MR) is 68.4 cm³/mol. The van der Waals surface area contributed by atoms with E-state index in [4.69, 9.17) is 4.74 Å². The van der Waals surface area contributed by atoms with Gasteiger partial charge >= 0.3 is 12.1 Å². The van der Waals surface area contributed by atoms with Gasteiger partial charge in [0.15, 0.2) is 0 Å². The summed E-state index contributed by atoms with van der Waals surface area (Å²) >= 11 is 0. The summed E-state index contributed by atoms with van der Waals surface area (Å²) in [5.74, 6) is -2.88. The van der Waals surface area contributed by atoms with Crippen LogP contribution < -0.4 is 0 Å². The Balaban J connectivity index is 1.70. The van der Waals surface area contributed by atoms with Crippen molar-refractivity contribution in [3.63, 3.8) is 0 Å². The van der Waals surface area contributed by atoms with E-state index in [-0.39, 0.29) is 25.1 Å². The van der Waals surface area contributed by atoms with Crippen molar-refractivity contribution < 1.29 is 32.3 Å². The summed E-state index contributed by atoms with van der Waals surface area (Å²) in [4.78, 5) is 28.4. The molecule has 0 aliphatic carbocycles. The summed E-state index contributed by atoms with van der Waals surface area (Å²) in [6.07, 6.45) is -2.02. The molecule has 2 aliphatic heterocycles. The summed E-state index contributed by atoms with van der Waals surface area (Å²) in [7, 11) is 1.64. The lowest BCUT2D eigenvalue weighted by Gasteiger charge is -2.38. The smallest absolute Gasteiger partial charge is 0.376 e. The van der Waals surface area contributed by atoms with E-state index in [1.807, 2.05) is 0 Å². The first-order valence-electron chi connectivity index (χ1n) is 7.18. The third-order valence-electron chi connectivity index (χ3n) is 3.77. The molecule has 6 nitrogen and oxygen atoms in total. The quantitative estimate of drug-likeness (QED) is 0.771. The molecule has 0 bridgehead atoms.